The van der Waals surface area contributed by atoms with Crippen molar-refractivity contribution in [2.24, 2.45) is 0 Å². The van der Waals surface area contributed by atoms with Crippen LogP contribution in [0.15, 0.2) is 18.2 Å². The number of nitrogens with zero attached hydrogens (tertiary/aromatic N) is 1. The van der Waals surface area contributed by atoms with Crippen LogP contribution in [0, 0.1) is 5.82 Å². The molecule has 0 unspecified atom stereocenters. The molecule has 0 spiro atoms. The van der Waals surface area contributed by atoms with Gasteiger partial charge in [-0.1, -0.05) is 6.92 Å². The summed E-state index contributed by atoms with van der Waals surface area (Å²) in [5, 5.41) is 2.93. The zero-order valence-electron chi connectivity index (χ0n) is 12.1. The summed E-state index contributed by atoms with van der Waals surface area (Å²) >= 11 is 0. The highest BCUT2D eigenvalue weighted by molar-refractivity contribution is 5.95. The molecule has 1 aromatic rings. The van der Waals surface area contributed by atoms with Crippen LogP contribution in [-0.2, 0) is 4.79 Å². The number of rotatable bonds is 3. The van der Waals surface area contributed by atoms with Gasteiger partial charge in [0.15, 0.2) is 0 Å². The van der Waals surface area contributed by atoms with Crippen molar-refractivity contribution in [3.8, 4) is 0 Å². The first-order chi connectivity index (χ1) is 9.99. The highest BCUT2D eigenvalue weighted by Gasteiger charge is 2.24. The van der Waals surface area contributed by atoms with Crippen molar-refractivity contribution in [1.29, 1.82) is 0 Å². The number of piperidine rings is 1. The number of likely N-dealkylation sites (tertiary alicyclic amines) is 1. The SMILES string of the molecule is CCC(=O)NC1CCN(C(=O)c2cc(N)cc(F)c2)CC1. The van der Waals surface area contributed by atoms with Crippen molar-refractivity contribution < 1.29 is 14.0 Å². The van der Waals surface area contributed by atoms with Crippen LogP contribution in [0.3, 0.4) is 0 Å². The molecule has 0 aromatic heterocycles. The predicted octanol–water partition coefficient (Wildman–Crippen LogP) is 1.54. The van der Waals surface area contributed by atoms with E-state index in [-0.39, 0.29) is 29.1 Å². The summed E-state index contributed by atoms with van der Waals surface area (Å²) in [6.07, 6.45) is 1.88. The number of carbonyl (C=O) groups is 2. The average molecular weight is 293 g/mol. The normalized spacial score (nSPS) is 15.8. The van der Waals surface area contributed by atoms with E-state index in [2.05, 4.69) is 5.32 Å². The summed E-state index contributed by atoms with van der Waals surface area (Å²) in [5.41, 5.74) is 6.07. The van der Waals surface area contributed by atoms with Crippen molar-refractivity contribution in [3.05, 3.63) is 29.6 Å². The van der Waals surface area contributed by atoms with Crippen LogP contribution in [0.1, 0.15) is 36.5 Å². The van der Waals surface area contributed by atoms with Gasteiger partial charge in [-0.15, -0.1) is 0 Å². The number of anilines is 1. The smallest absolute Gasteiger partial charge is 0.254 e. The van der Waals surface area contributed by atoms with Gasteiger partial charge >= 0.3 is 0 Å². The molecular weight excluding hydrogens is 273 g/mol. The van der Waals surface area contributed by atoms with E-state index in [0.29, 0.717) is 32.4 Å². The zero-order valence-corrected chi connectivity index (χ0v) is 12.1. The minimum atomic E-state index is -0.511. The minimum Gasteiger partial charge on any atom is -0.399 e. The molecule has 0 saturated carbocycles. The minimum absolute atomic E-state index is 0.0256. The van der Waals surface area contributed by atoms with Crippen molar-refractivity contribution in [1.82, 2.24) is 10.2 Å². The molecule has 21 heavy (non-hydrogen) atoms. The first-order valence-corrected chi connectivity index (χ1v) is 7.14. The number of nitrogen functional groups attached to an aromatic ring is 1. The number of carbonyl (C=O) groups excluding carboxylic acids is 2. The third kappa shape index (κ3) is 3.93. The average Bonchev–Trinajstić information content (AvgIpc) is 2.46. The van der Waals surface area contributed by atoms with Gasteiger partial charge in [-0.05, 0) is 31.0 Å². The summed E-state index contributed by atoms with van der Waals surface area (Å²) in [4.78, 5) is 25.3. The Morgan fingerprint density at radius 1 is 1.33 bits per heavy atom. The van der Waals surface area contributed by atoms with E-state index < -0.39 is 5.82 Å². The molecule has 6 heteroatoms. The van der Waals surface area contributed by atoms with Gasteiger partial charge < -0.3 is 16.0 Å². The predicted molar refractivity (Wildman–Crippen MR) is 78.2 cm³/mol. The molecule has 114 valence electrons. The van der Waals surface area contributed by atoms with Crippen LogP contribution in [0.2, 0.25) is 0 Å². The van der Waals surface area contributed by atoms with Crippen LogP contribution >= 0.6 is 0 Å². The van der Waals surface area contributed by atoms with E-state index >= 15 is 0 Å². The largest absolute Gasteiger partial charge is 0.399 e. The van der Waals surface area contributed by atoms with Gasteiger partial charge in [-0.3, -0.25) is 9.59 Å². The van der Waals surface area contributed by atoms with E-state index in [1.54, 1.807) is 4.90 Å². The maximum Gasteiger partial charge on any atom is 0.254 e. The standard InChI is InChI=1S/C15H20FN3O2/c1-2-14(20)18-13-3-5-19(6-4-13)15(21)10-7-11(16)9-12(17)8-10/h7-9,13H,2-6,17H2,1H3,(H,18,20). The lowest BCUT2D eigenvalue weighted by molar-refractivity contribution is -0.121. The summed E-state index contributed by atoms with van der Waals surface area (Å²) in [7, 11) is 0. The van der Waals surface area contributed by atoms with Gasteiger partial charge in [-0.25, -0.2) is 4.39 Å². The molecule has 1 fully saturated rings. The van der Waals surface area contributed by atoms with Crippen molar-refractivity contribution in [3.63, 3.8) is 0 Å². The second-order valence-corrected chi connectivity index (χ2v) is 5.26. The maximum absolute atomic E-state index is 13.3. The maximum atomic E-state index is 13.3. The highest BCUT2D eigenvalue weighted by Crippen LogP contribution is 2.17. The number of amides is 2. The summed E-state index contributed by atoms with van der Waals surface area (Å²) < 4.78 is 13.3. The zero-order chi connectivity index (χ0) is 15.4. The Morgan fingerprint density at radius 3 is 2.57 bits per heavy atom. The van der Waals surface area contributed by atoms with Gasteiger partial charge in [0, 0.05) is 36.8 Å². The molecule has 0 atom stereocenters. The molecule has 1 heterocycles. The molecule has 5 nitrogen and oxygen atoms in total. The Bertz CT molecular complexity index is 519. The number of hydrogen-bond donors (Lipinski definition) is 2. The summed E-state index contributed by atoms with van der Waals surface area (Å²) in [6.45, 7) is 2.90. The van der Waals surface area contributed by atoms with Crippen LogP contribution in [-0.4, -0.2) is 35.8 Å². The molecule has 3 N–H and O–H groups in total. The molecule has 1 aliphatic rings. The Morgan fingerprint density at radius 2 is 2.00 bits per heavy atom. The van der Waals surface area contributed by atoms with E-state index in [9.17, 15) is 14.0 Å². The lowest BCUT2D eigenvalue weighted by Crippen LogP contribution is -2.46. The van der Waals surface area contributed by atoms with Crippen LogP contribution in [0.25, 0.3) is 0 Å². The fourth-order valence-electron chi connectivity index (χ4n) is 2.48. The molecule has 1 aromatic carbocycles. The molecule has 2 rings (SSSR count). The Hall–Kier alpha value is -2.11. The monoisotopic (exact) mass is 293 g/mol. The number of nitrogens with two attached hydrogens (primary N) is 1. The Balaban J connectivity index is 1.95. The van der Waals surface area contributed by atoms with Gasteiger partial charge in [0.1, 0.15) is 5.82 Å². The Kier molecular flexibility index (Phi) is 4.77. The van der Waals surface area contributed by atoms with Gasteiger partial charge in [0.2, 0.25) is 5.91 Å². The van der Waals surface area contributed by atoms with E-state index in [4.69, 9.17) is 5.73 Å². The van der Waals surface area contributed by atoms with E-state index in [0.717, 1.165) is 0 Å². The fraction of sp³-hybridized carbons (Fsp3) is 0.467. The molecule has 1 saturated heterocycles. The molecular formula is C15H20FN3O2. The molecule has 2 amide bonds. The molecule has 0 radical (unpaired) electrons. The number of nitrogens with one attached hydrogen (secondary N) is 1. The first kappa shape index (κ1) is 15.3. The van der Waals surface area contributed by atoms with Gasteiger partial charge in [0.05, 0.1) is 0 Å². The molecule has 1 aliphatic heterocycles. The van der Waals surface area contributed by atoms with Crippen LogP contribution in [0.4, 0.5) is 10.1 Å². The molecule has 0 aliphatic carbocycles. The van der Waals surface area contributed by atoms with Gasteiger partial charge in [-0.2, -0.15) is 0 Å². The summed E-state index contributed by atoms with van der Waals surface area (Å²) in [6, 6.07) is 3.97. The third-order valence-electron chi connectivity index (χ3n) is 3.64. The number of hydrogen-bond acceptors (Lipinski definition) is 3. The van der Waals surface area contributed by atoms with E-state index in [1.807, 2.05) is 6.92 Å². The second kappa shape index (κ2) is 6.56. The summed E-state index contributed by atoms with van der Waals surface area (Å²) in [5.74, 6) is -0.706. The third-order valence-corrected chi connectivity index (χ3v) is 3.64. The first-order valence-electron chi connectivity index (χ1n) is 7.14. The fourth-order valence-corrected chi connectivity index (χ4v) is 2.48. The lowest BCUT2D eigenvalue weighted by Gasteiger charge is -2.32. The second-order valence-electron chi connectivity index (χ2n) is 5.26. The topological polar surface area (TPSA) is 75.4 Å². The Labute approximate surface area is 123 Å². The highest BCUT2D eigenvalue weighted by atomic mass is 19.1. The van der Waals surface area contributed by atoms with Crippen LogP contribution in [0.5, 0.6) is 0 Å². The van der Waals surface area contributed by atoms with E-state index in [1.165, 1.54) is 18.2 Å². The lowest BCUT2D eigenvalue weighted by atomic mass is 10.0. The molecule has 0 bridgehead atoms. The van der Waals surface area contributed by atoms with Crippen molar-refractivity contribution in [2.45, 2.75) is 32.2 Å². The van der Waals surface area contributed by atoms with Crippen molar-refractivity contribution in [2.75, 3.05) is 18.8 Å². The number of halogens is 1. The quantitative estimate of drug-likeness (QED) is 0.830. The number of benzene rings is 1. The van der Waals surface area contributed by atoms with Crippen molar-refractivity contribution >= 4 is 17.5 Å². The van der Waals surface area contributed by atoms with Crippen LogP contribution < -0.4 is 11.1 Å². The van der Waals surface area contributed by atoms with Gasteiger partial charge in [0.25, 0.3) is 5.91 Å².